The van der Waals surface area contributed by atoms with Gasteiger partial charge in [-0.1, -0.05) is 18.8 Å². The highest BCUT2D eigenvalue weighted by atomic mass is 16.5. The topological polar surface area (TPSA) is 55.8 Å². The molecule has 19 heavy (non-hydrogen) atoms. The van der Waals surface area contributed by atoms with Crippen molar-refractivity contribution in [1.82, 2.24) is 0 Å². The van der Waals surface area contributed by atoms with Crippen LogP contribution >= 0.6 is 0 Å². The van der Waals surface area contributed by atoms with E-state index in [2.05, 4.69) is 21.3 Å². The Kier molecular flexibility index (Phi) is 4.03. The number of ether oxygens (including phenoxy) is 2. The molecular weight excluding hydrogens is 244 g/mol. The lowest BCUT2D eigenvalue weighted by atomic mass is 10.0. The number of esters is 1. The van der Waals surface area contributed by atoms with Crippen LogP contribution in [0.3, 0.4) is 0 Å². The van der Waals surface area contributed by atoms with Crippen LogP contribution in [0.25, 0.3) is 0 Å². The maximum atomic E-state index is 11.3. The third kappa shape index (κ3) is 4.40. The number of rotatable bonds is 4. The van der Waals surface area contributed by atoms with E-state index < -0.39 is 25.2 Å². The molecule has 0 aliphatic heterocycles. The molecule has 102 valence electrons. The summed E-state index contributed by atoms with van der Waals surface area (Å²) in [6.07, 6.45) is 0.219. The summed E-state index contributed by atoms with van der Waals surface area (Å²) in [5, 5.41) is 10.2. The lowest BCUT2D eigenvalue weighted by molar-refractivity contribution is 0.0111. The van der Waals surface area contributed by atoms with E-state index in [4.69, 9.17) is 4.11 Å². The van der Waals surface area contributed by atoms with Crippen LogP contribution < -0.4 is 0 Å². The van der Waals surface area contributed by atoms with Gasteiger partial charge in [0.25, 0.3) is 0 Å². The van der Waals surface area contributed by atoms with Gasteiger partial charge in [-0.2, -0.15) is 0 Å². The zero-order valence-electron chi connectivity index (χ0n) is 13.9. The second-order valence-electron chi connectivity index (χ2n) is 3.99. The molecule has 0 unspecified atom stereocenters. The molecule has 0 saturated heterocycles. The van der Waals surface area contributed by atoms with Crippen molar-refractivity contribution in [2.45, 2.75) is 18.9 Å². The summed E-state index contributed by atoms with van der Waals surface area (Å²) < 4.78 is 30.1. The van der Waals surface area contributed by atoms with E-state index in [0.717, 1.165) is 0 Å². The van der Waals surface area contributed by atoms with Crippen molar-refractivity contribution < 1.29 is 23.5 Å². The molecule has 0 bridgehead atoms. The number of aliphatic hydroxyl groups is 1. The van der Waals surface area contributed by atoms with E-state index in [9.17, 15) is 9.90 Å². The monoisotopic (exact) mass is 265 g/mol. The predicted octanol–water partition coefficient (Wildman–Crippen LogP) is 1.61. The van der Waals surface area contributed by atoms with E-state index in [-0.39, 0.29) is 6.42 Å². The first-order valence-corrected chi connectivity index (χ1v) is 5.77. The summed E-state index contributed by atoms with van der Waals surface area (Å²) >= 11 is 0. The third-order valence-corrected chi connectivity index (χ3v) is 2.64. The Labute approximate surface area is 117 Å². The summed E-state index contributed by atoms with van der Waals surface area (Å²) in [4.78, 5) is 11.3. The zero-order valence-corrected chi connectivity index (χ0v) is 10.9. The molecule has 1 rings (SSSR count). The van der Waals surface area contributed by atoms with E-state index in [1.807, 2.05) is 0 Å². The number of hydrogen-bond donors (Lipinski definition) is 1. The molecule has 1 N–H and O–H groups in total. The number of benzene rings is 1. The minimum absolute atomic E-state index is 0.219. The van der Waals surface area contributed by atoms with Crippen LogP contribution in [0.15, 0.2) is 24.3 Å². The maximum absolute atomic E-state index is 11.3. The van der Waals surface area contributed by atoms with Gasteiger partial charge in [-0.15, -0.1) is 0 Å². The summed E-state index contributed by atoms with van der Waals surface area (Å²) in [7, 11) is -1.28. The molecule has 0 aliphatic rings. The number of hydrogen-bond acceptors (Lipinski definition) is 4. The highest BCUT2D eigenvalue weighted by Gasteiger charge is 2.21. The SMILES string of the molecule is [2H]C([2H])([2H])OC[C@@](O)(C#Cc1ccc(C(=O)OC)cc1)CC. The van der Waals surface area contributed by atoms with Crippen molar-refractivity contribution in [3.8, 4) is 11.8 Å². The molecule has 0 saturated carbocycles. The second kappa shape index (κ2) is 6.93. The van der Waals surface area contributed by atoms with Gasteiger partial charge in [-0.25, -0.2) is 4.79 Å². The highest BCUT2D eigenvalue weighted by molar-refractivity contribution is 5.89. The molecular formula is C15H18O4. The molecule has 0 radical (unpaired) electrons. The smallest absolute Gasteiger partial charge is 0.337 e. The van der Waals surface area contributed by atoms with Gasteiger partial charge in [-0.05, 0) is 30.7 Å². The van der Waals surface area contributed by atoms with Gasteiger partial charge in [0.2, 0.25) is 0 Å². The van der Waals surface area contributed by atoms with Crippen LogP contribution in [0.1, 0.15) is 33.4 Å². The minimum Gasteiger partial charge on any atom is -0.465 e. The molecule has 1 aromatic rings. The van der Waals surface area contributed by atoms with E-state index >= 15 is 0 Å². The van der Waals surface area contributed by atoms with Crippen molar-refractivity contribution in [3.63, 3.8) is 0 Å². The molecule has 0 amide bonds. The van der Waals surface area contributed by atoms with Gasteiger partial charge in [0, 0.05) is 12.6 Å². The van der Waals surface area contributed by atoms with Gasteiger partial charge in [-0.3, -0.25) is 0 Å². The van der Waals surface area contributed by atoms with Gasteiger partial charge in [0.15, 0.2) is 0 Å². The van der Waals surface area contributed by atoms with Crippen molar-refractivity contribution in [2.24, 2.45) is 0 Å². The summed E-state index contributed by atoms with van der Waals surface area (Å²) in [6.45, 7) is 1.27. The first kappa shape index (κ1) is 11.0. The van der Waals surface area contributed by atoms with E-state index in [1.54, 1.807) is 31.2 Å². The Balaban J connectivity index is 2.83. The Morgan fingerprint density at radius 2 is 2.16 bits per heavy atom. The Hall–Kier alpha value is -1.83. The predicted molar refractivity (Wildman–Crippen MR) is 71.8 cm³/mol. The Morgan fingerprint density at radius 3 is 2.68 bits per heavy atom. The fraction of sp³-hybridized carbons (Fsp3) is 0.400. The van der Waals surface area contributed by atoms with Crippen molar-refractivity contribution >= 4 is 5.97 Å². The fourth-order valence-corrected chi connectivity index (χ4v) is 1.34. The zero-order chi connectivity index (χ0) is 16.8. The third-order valence-electron chi connectivity index (χ3n) is 2.64. The van der Waals surface area contributed by atoms with Gasteiger partial charge >= 0.3 is 5.97 Å². The average Bonchev–Trinajstić information content (AvgIpc) is 2.50. The lowest BCUT2D eigenvalue weighted by Crippen LogP contribution is -2.31. The molecule has 0 aliphatic carbocycles. The minimum atomic E-state index is -2.58. The van der Waals surface area contributed by atoms with Crippen molar-refractivity contribution in [3.05, 3.63) is 35.4 Å². The van der Waals surface area contributed by atoms with Crippen molar-refractivity contribution in [2.75, 3.05) is 20.8 Å². The molecule has 0 aromatic heterocycles. The number of carbonyl (C=O) groups excluding carboxylic acids is 1. The van der Waals surface area contributed by atoms with Crippen LogP contribution in [-0.4, -0.2) is 37.4 Å². The van der Waals surface area contributed by atoms with Crippen LogP contribution in [-0.2, 0) is 9.47 Å². The second-order valence-corrected chi connectivity index (χ2v) is 3.99. The molecule has 1 atom stereocenters. The lowest BCUT2D eigenvalue weighted by Gasteiger charge is -2.18. The molecule has 4 nitrogen and oxygen atoms in total. The number of carbonyl (C=O) groups is 1. The standard InChI is InChI=1S/C15H18O4/c1-4-15(17,11-18-2)10-9-12-5-7-13(8-6-12)14(16)19-3/h5-8,17H,4,11H2,1-3H3/t15-/m0/s1/i2D3. The van der Waals surface area contributed by atoms with Crippen LogP contribution in [0, 0.1) is 11.8 Å². The molecule has 0 heterocycles. The summed E-state index contributed by atoms with van der Waals surface area (Å²) in [6, 6.07) is 6.33. The van der Waals surface area contributed by atoms with Gasteiger partial charge in [0.05, 0.1) is 23.4 Å². The molecule has 1 aromatic carbocycles. The van der Waals surface area contributed by atoms with E-state index in [0.29, 0.717) is 11.1 Å². The maximum Gasteiger partial charge on any atom is 0.337 e. The molecule has 0 fully saturated rings. The molecule has 4 heteroatoms. The van der Waals surface area contributed by atoms with Crippen molar-refractivity contribution in [1.29, 1.82) is 0 Å². The first-order valence-electron chi connectivity index (χ1n) is 7.27. The van der Waals surface area contributed by atoms with Gasteiger partial charge in [0.1, 0.15) is 5.60 Å². The van der Waals surface area contributed by atoms with Crippen LogP contribution in [0.2, 0.25) is 0 Å². The summed E-state index contributed by atoms with van der Waals surface area (Å²) in [5.41, 5.74) is -0.576. The quantitative estimate of drug-likeness (QED) is 0.664. The highest BCUT2D eigenvalue weighted by Crippen LogP contribution is 2.10. The number of methoxy groups -OCH3 is 2. The van der Waals surface area contributed by atoms with E-state index in [1.165, 1.54) is 7.11 Å². The Morgan fingerprint density at radius 1 is 1.47 bits per heavy atom. The van der Waals surface area contributed by atoms with Crippen LogP contribution in [0.4, 0.5) is 0 Å². The Bertz CT molecular complexity index is 569. The normalized spacial score (nSPS) is 16.1. The van der Waals surface area contributed by atoms with Crippen LogP contribution in [0.5, 0.6) is 0 Å². The first-order chi connectivity index (χ1) is 10.2. The average molecular weight is 265 g/mol. The molecule has 0 spiro atoms. The van der Waals surface area contributed by atoms with Gasteiger partial charge < -0.3 is 14.6 Å². The largest absolute Gasteiger partial charge is 0.465 e. The summed E-state index contributed by atoms with van der Waals surface area (Å²) in [5.74, 6) is 4.90. The fourth-order valence-electron chi connectivity index (χ4n) is 1.34.